The molecular weight excluding hydrogens is 333 g/mol. The topological polar surface area (TPSA) is 49.4 Å². The average molecular weight is 356 g/mol. The second-order valence-corrected chi connectivity index (χ2v) is 7.41. The summed E-state index contributed by atoms with van der Waals surface area (Å²) in [5, 5.41) is 2.55. The maximum atomic E-state index is 12.8. The van der Waals surface area contributed by atoms with Crippen molar-refractivity contribution in [2.45, 2.75) is 39.8 Å². The zero-order chi connectivity index (χ0) is 18.8. The molecule has 0 radical (unpaired) electrons. The summed E-state index contributed by atoms with van der Waals surface area (Å²) in [5.41, 5.74) is -1.23. The Hall–Kier alpha value is -2.05. The predicted molar refractivity (Wildman–Crippen MR) is 88.8 cm³/mol. The molecule has 1 saturated heterocycles. The van der Waals surface area contributed by atoms with Gasteiger partial charge in [-0.15, -0.1) is 0 Å². The maximum absolute atomic E-state index is 12.8. The van der Waals surface area contributed by atoms with Crippen LogP contribution in [0.5, 0.6) is 0 Å². The van der Waals surface area contributed by atoms with Gasteiger partial charge in [0.05, 0.1) is 11.5 Å². The van der Waals surface area contributed by atoms with Crippen LogP contribution in [-0.2, 0) is 15.8 Å². The van der Waals surface area contributed by atoms with Crippen molar-refractivity contribution in [2.75, 3.05) is 18.4 Å². The van der Waals surface area contributed by atoms with Crippen LogP contribution in [0.3, 0.4) is 0 Å². The van der Waals surface area contributed by atoms with E-state index in [2.05, 4.69) is 5.32 Å². The fourth-order valence-corrected chi connectivity index (χ4v) is 2.87. The Morgan fingerprint density at radius 1 is 1.20 bits per heavy atom. The molecule has 1 atom stereocenters. The van der Waals surface area contributed by atoms with Gasteiger partial charge in [-0.3, -0.25) is 9.59 Å². The van der Waals surface area contributed by atoms with E-state index < -0.39 is 23.1 Å². The molecule has 25 heavy (non-hydrogen) atoms. The molecule has 1 aliphatic rings. The fourth-order valence-electron chi connectivity index (χ4n) is 2.87. The van der Waals surface area contributed by atoms with E-state index in [0.717, 1.165) is 12.1 Å². The molecule has 1 aromatic rings. The van der Waals surface area contributed by atoms with Gasteiger partial charge >= 0.3 is 6.18 Å². The van der Waals surface area contributed by atoms with Gasteiger partial charge in [-0.1, -0.05) is 26.8 Å². The van der Waals surface area contributed by atoms with Crippen molar-refractivity contribution in [3.8, 4) is 0 Å². The summed E-state index contributed by atoms with van der Waals surface area (Å²) in [6.45, 7) is 6.36. The third kappa shape index (κ3) is 4.96. The number of hydrogen-bond donors (Lipinski definition) is 1. The summed E-state index contributed by atoms with van der Waals surface area (Å²) < 4.78 is 38.3. The number of carbonyl (C=O) groups is 2. The Kier molecular flexibility index (Phi) is 5.44. The SMILES string of the molecule is CC(C)(C)C(=O)N1CCC[C@H](C(=O)Nc2cccc(C(F)(F)F)c2)C1. The van der Waals surface area contributed by atoms with Crippen LogP contribution in [0.15, 0.2) is 24.3 Å². The van der Waals surface area contributed by atoms with Crippen molar-refractivity contribution in [3.05, 3.63) is 29.8 Å². The highest BCUT2D eigenvalue weighted by atomic mass is 19.4. The molecule has 0 aromatic heterocycles. The van der Waals surface area contributed by atoms with Crippen LogP contribution in [0.4, 0.5) is 18.9 Å². The Bertz CT molecular complexity index is 650. The van der Waals surface area contributed by atoms with Crippen molar-refractivity contribution < 1.29 is 22.8 Å². The Balaban J connectivity index is 2.05. The molecule has 0 spiro atoms. The molecule has 4 nitrogen and oxygen atoms in total. The quantitative estimate of drug-likeness (QED) is 0.873. The zero-order valence-electron chi connectivity index (χ0n) is 14.6. The lowest BCUT2D eigenvalue weighted by molar-refractivity contribution is -0.142. The van der Waals surface area contributed by atoms with Crippen LogP contribution in [-0.4, -0.2) is 29.8 Å². The van der Waals surface area contributed by atoms with E-state index >= 15 is 0 Å². The number of piperidine rings is 1. The van der Waals surface area contributed by atoms with E-state index in [-0.39, 0.29) is 17.5 Å². The molecule has 0 unspecified atom stereocenters. The van der Waals surface area contributed by atoms with Crippen molar-refractivity contribution in [3.63, 3.8) is 0 Å². The number of likely N-dealkylation sites (tertiary alicyclic amines) is 1. The normalized spacial score (nSPS) is 18.8. The lowest BCUT2D eigenvalue weighted by atomic mass is 9.91. The highest BCUT2D eigenvalue weighted by Gasteiger charge is 2.34. The lowest BCUT2D eigenvalue weighted by Gasteiger charge is -2.35. The minimum absolute atomic E-state index is 0.0240. The van der Waals surface area contributed by atoms with Crippen LogP contribution in [0.2, 0.25) is 0 Å². The van der Waals surface area contributed by atoms with E-state index in [1.807, 2.05) is 20.8 Å². The minimum atomic E-state index is -4.46. The third-order valence-corrected chi connectivity index (χ3v) is 4.18. The molecular formula is C18H23F3N2O2. The third-order valence-electron chi connectivity index (χ3n) is 4.18. The first-order valence-corrected chi connectivity index (χ1v) is 8.26. The molecule has 1 aliphatic heterocycles. The van der Waals surface area contributed by atoms with Gasteiger partial charge < -0.3 is 10.2 Å². The predicted octanol–water partition coefficient (Wildman–Crippen LogP) is 3.93. The van der Waals surface area contributed by atoms with Crippen LogP contribution < -0.4 is 5.32 Å². The first kappa shape index (κ1) is 19.3. The highest BCUT2D eigenvalue weighted by Crippen LogP contribution is 2.31. The minimum Gasteiger partial charge on any atom is -0.341 e. The number of nitrogens with zero attached hydrogens (tertiary/aromatic N) is 1. The van der Waals surface area contributed by atoms with E-state index in [1.54, 1.807) is 4.90 Å². The summed E-state index contributed by atoms with van der Waals surface area (Å²) in [5.74, 6) is -0.801. The van der Waals surface area contributed by atoms with E-state index in [4.69, 9.17) is 0 Å². The van der Waals surface area contributed by atoms with Gasteiger partial charge in [0.15, 0.2) is 0 Å². The molecule has 138 valence electrons. The summed E-state index contributed by atoms with van der Waals surface area (Å²) in [6, 6.07) is 4.56. The van der Waals surface area contributed by atoms with Gasteiger partial charge in [0.1, 0.15) is 0 Å². The van der Waals surface area contributed by atoms with Gasteiger partial charge in [0.25, 0.3) is 0 Å². The largest absolute Gasteiger partial charge is 0.416 e. The molecule has 2 amide bonds. The van der Waals surface area contributed by atoms with E-state index in [0.29, 0.717) is 25.9 Å². The van der Waals surface area contributed by atoms with Gasteiger partial charge in [0.2, 0.25) is 11.8 Å². The summed E-state index contributed by atoms with van der Waals surface area (Å²) in [6.07, 6.45) is -3.15. The first-order chi connectivity index (χ1) is 11.5. The summed E-state index contributed by atoms with van der Waals surface area (Å²) >= 11 is 0. The molecule has 1 aromatic carbocycles. The van der Waals surface area contributed by atoms with Crippen molar-refractivity contribution >= 4 is 17.5 Å². The number of rotatable bonds is 2. The summed E-state index contributed by atoms with van der Waals surface area (Å²) in [7, 11) is 0. The molecule has 1 N–H and O–H groups in total. The van der Waals surface area contributed by atoms with E-state index in [1.165, 1.54) is 12.1 Å². The van der Waals surface area contributed by atoms with Crippen LogP contribution in [0.1, 0.15) is 39.2 Å². The molecule has 7 heteroatoms. The number of carbonyl (C=O) groups excluding carboxylic acids is 2. The Morgan fingerprint density at radius 3 is 2.48 bits per heavy atom. The number of alkyl halides is 3. The van der Waals surface area contributed by atoms with Crippen LogP contribution in [0.25, 0.3) is 0 Å². The molecule has 1 fully saturated rings. The van der Waals surface area contributed by atoms with Gasteiger partial charge in [-0.2, -0.15) is 13.2 Å². The van der Waals surface area contributed by atoms with Crippen molar-refractivity contribution in [1.29, 1.82) is 0 Å². The first-order valence-electron chi connectivity index (χ1n) is 8.26. The van der Waals surface area contributed by atoms with Crippen molar-refractivity contribution in [2.24, 2.45) is 11.3 Å². The Morgan fingerprint density at radius 2 is 1.88 bits per heavy atom. The number of benzene rings is 1. The molecule has 0 saturated carbocycles. The number of anilines is 1. The number of halogens is 3. The Labute approximate surface area is 145 Å². The average Bonchev–Trinajstić information content (AvgIpc) is 2.53. The van der Waals surface area contributed by atoms with Gasteiger partial charge in [-0.05, 0) is 31.0 Å². The monoisotopic (exact) mass is 356 g/mol. The fraction of sp³-hybridized carbons (Fsp3) is 0.556. The molecule has 1 heterocycles. The van der Waals surface area contributed by atoms with E-state index in [9.17, 15) is 22.8 Å². The zero-order valence-corrected chi connectivity index (χ0v) is 14.6. The maximum Gasteiger partial charge on any atom is 0.416 e. The van der Waals surface area contributed by atoms with Crippen LogP contribution >= 0.6 is 0 Å². The smallest absolute Gasteiger partial charge is 0.341 e. The van der Waals surface area contributed by atoms with Crippen LogP contribution in [0, 0.1) is 11.3 Å². The molecule has 0 bridgehead atoms. The molecule has 0 aliphatic carbocycles. The lowest BCUT2D eigenvalue weighted by Crippen LogP contribution is -2.47. The number of hydrogen-bond acceptors (Lipinski definition) is 2. The van der Waals surface area contributed by atoms with Gasteiger partial charge in [0, 0.05) is 24.2 Å². The second-order valence-electron chi connectivity index (χ2n) is 7.41. The molecule has 2 rings (SSSR count). The number of nitrogens with one attached hydrogen (secondary N) is 1. The van der Waals surface area contributed by atoms with Gasteiger partial charge in [-0.25, -0.2) is 0 Å². The summed E-state index contributed by atoms with van der Waals surface area (Å²) in [4.78, 5) is 26.5. The standard InChI is InChI=1S/C18H23F3N2O2/c1-17(2,3)16(25)23-9-5-6-12(11-23)15(24)22-14-8-4-7-13(10-14)18(19,20)21/h4,7-8,10,12H,5-6,9,11H2,1-3H3,(H,22,24)/t12-/m0/s1. The number of amides is 2. The second kappa shape index (κ2) is 7.06. The highest BCUT2D eigenvalue weighted by molar-refractivity contribution is 5.93. The van der Waals surface area contributed by atoms with Crippen molar-refractivity contribution in [1.82, 2.24) is 4.90 Å².